The summed E-state index contributed by atoms with van der Waals surface area (Å²) < 4.78 is 0. The molecule has 0 bridgehead atoms. The number of aliphatic hydroxyl groups is 1. The molecule has 0 radical (unpaired) electrons. The van der Waals surface area contributed by atoms with Crippen molar-refractivity contribution in [3.05, 3.63) is 12.2 Å². The zero-order chi connectivity index (χ0) is 8.81. The summed E-state index contributed by atoms with van der Waals surface area (Å²) in [5.74, 6) is 0.393. The molecule has 0 saturated heterocycles. The predicted molar refractivity (Wildman–Crippen MR) is 51.0 cm³/mol. The fraction of sp³-hybridized carbons (Fsp3) is 0.800. The topological polar surface area (TPSA) is 32.3 Å². The molecule has 2 N–H and O–H groups in total. The van der Waals surface area contributed by atoms with Crippen molar-refractivity contribution >= 4 is 0 Å². The quantitative estimate of drug-likeness (QED) is 0.480. The Morgan fingerprint density at radius 2 is 2.33 bits per heavy atom. The Balaban J connectivity index is 2.08. The Hall–Kier alpha value is -0.340. The molecular formula is C10H19NO. The van der Waals surface area contributed by atoms with Crippen molar-refractivity contribution in [2.75, 3.05) is 13.2 Å². The molecule has 2 atom stereocenters. The molecular weight excluding hydrogens is 150 g/mol. The molecule has 12 heavy (non-hydrogen) atoms. The van der Waals surface area contributed by atoms with Crippen LogP contribution in [-0.4, -0.2) is 24.3 Å². The number of rotatable bonds is 5. The first-order valence-corrected chi connectivity index (χ1v) is 4.89. The van der Waals surface area contributed by atoms with E-state index >= 15 is 0 Å². The predicted octanol–water partition coefficient (Wildman–Crippen LogP) is 1.31. The number of nitrogens with one attached hydrogen (secondary N) is 1. The largest absolute Gasteiger partial charge is 0.396 e. The van der Waals surface area contributed by atoms with Crippen LogP contribution in [0.3, 0.4) is 0 Å². The standard InChI is InChI=1S/C10H19NO/c1-2-3-6-11-10-5-4-9(7-10)8-12/h4-5,9-12H,2-3,6-8H2,1H3. The monoisotopic (exact) mass is 169 g/mol. The second-order valence-corrected chi connectivity index (χ2v) is 3.48. The van der Waals surface area contributed by atoms with Gasteiger partial charge in [0.15, 0.2) is 0 Å². The molecule has 0 amide bonds. The Morgan fingerprint density at radius 1 is 1.50 bits per heavy atom. The minimum Gasteiger partial charge on any atom is -0.396 e. The molecule has 0 fully saturated rings. The fourth-order valence-corrected chi connectivity index (χ4v) is 1.53. The first-order valence-electron chi connectivity index (χ1n) is 4.89. The van der Waals surface area contributed by atoms with Crippen molar-refractivity contribution in [2.24, 2.45) is 5.92 Å². The van der Waals surface area contributed by atoms with Crippen LogP contribution in [0.1, 0.15) is 26.2 Å². The maximum Gasteiger partial charge on any atom is 0.0494 e. The number of hydrogen-bond donors (Lipinski definition) is 2. The zero-order valence-corrected chi connectivity index (χ0v) is 7.79. The third-order valence-corrected chi connectivity index (χ3v) is 2.34. The molecule has 0 aromatic heterocycles. The summed E-state index contributed by atoms with van der Waals surface area (Å²) in [5.41, 5.74) is 0. The van der Waals surface area contributed by atoms with Gasteiger partial charge in [-0.15, -0.1) is 0 Å². The van der Waals surface area contributed by atoms with Gasteiger partial charge in [0.1, 0.15) is 0 Å². The Labute approximate surface area is 74.7 Å². The van der Waals surface area contributed by atoms with Gasteiger partial charge in [-0.25, -0.2) is 0 Å². The molecule has 2 nitrogen and oxygen atoms in total. The molecule has 1 aliphatic rings. The van der Waals surface area contributed by atoms with Crippen LogP contribution in [0.25, 0.3) is 0 Å². The second-order valence-electron chi connectivity index (χ2n) is 3.48. The smallest absolute Gasteiger partial charge is 0.0494 e. The lowest BCUT2D eigenvalue weighted by molar-refractivity contribution is 0.246. The van der Waals surface area contributed by atoms with Crippen LogP contribution in [0.15, 0.2) is 12.2 Å². The molecule has 1 rings (SSSR count). The highest BCUT2D eigenvalue weighted by atomic mass is 16.3. The van der Waals surface area contributed by atoms with Gasteiger partial charge in [0.05, 0.1) is 0 Å². The molecule has 0 aromatic rings. The Morgan fingerprint density at radius 3 is 2.92 bits per heavy atom. The van der Waals surface area contributed by atoms with Gasteiger partial charge in [0.2, 0.25) is 0 Å². The summed E-state index contributed by atoms with van der Waals surface area (Å²) in [5, 5.41) is 12.3. The average Bonchev–Trinajstić information content (AvgIpc) is 2.53. The van der Waals surface area contributed by atoms with E-state index in [1.807, 2.05) is 0 Å². The normalized spacial score (nSPS) is 28.2. The molecule has 0 aromatic carbocycles. The van der Waals surface area contributed by atoms with Crippen molar-refractivity contribution in [2.45, 2.75) is 32.2 Å². The van der Waals surface area contributed by atoms with Gasteiger partial charge in [-0.1, -0.05) is 25.5 Å². The van der Waals surface area contributed by atoms with Gasteiger partial charge < -0.3 is 10.4 Å². The lowest BCUT2D eigenvalue weighted by Crippen LogP contribution is -2.27. The Bertz CT molecular complexity index is 145. The van der Waals surface area contributed by atoms with Crippen LogP contribution in [0.4, 0.5) is 0 Å². The molecule has 1 aliphatic carbocycles. The molecule has 2 unspecified atom stereocenters. The SMILES string of the molecule is CCCCNC1C=CC(CO)C1. The molecule has 0 saturated carbocycles. The first kappa shape index (κ1) is 9.75. The van der Waals surface area contributed by atoms with E-state index in [-0.39, 0.29) is 0 Å². The van der Waals surface area contributed by atoms with Crippen LogP contribution in [0.5, 0.6) is 0 Å². The third kappa shape index (κ3) is 2.95. The number of hydrogen-bond acceptors (Lipinski definition) is 2. The maximum atomic E-state index is 8.88. The van der Waals surface area contributed by atoms with Gasteiger partial charge in [-0.2, -0.15) is 0 Å². The lowest BCUT2D eigenvalue weighted by Gasteiger charge is -2.11. The van der Waals surface area contributed by atoms with Crippen LogP contribution in [-0.2, 0) is 0 Å². The van der Waals surface area contributed by atoms with Crippen molar-refractivity contribution in [3.8, 4) is 0 Å². The van der Waals surface area contributed by atoms with E-state index in [0.717, 1.165) is 13.0 Å². The van der Waals surface area contributed by atoms with Crippen LogP contribution in [0, 0.1) is 5.92 Å². The summed E-state index contributed by atoms with van der Waals surface area (Å²) in [4.78, 5) is 0. The Kier molecular flexibility index (Phi) is 4.33. The van der Waals surface area contributed by atoms with E-state index in [4.69, 9.17) is 5.11 Å². The minimum absolute atomic E-state index is 0.294. The van der Waals surface area contributed by atoms with Gasteiger partial charge in [0.25, 0.3) is 0 Å². The minimum atomic E-state index is 0.294. The molecule has 0 spiro atoms. The highest BCUT2D eigenvalue weighted by Crippen LogP contribution is 2.16. The summed E-state index contributed by atoms with van der Waals surface area (Å²) in [6.07, 6.45) is 7.85. The summed E-state index contributed by atoms with van der Waals surface area (Å²) in [6.45, 7) is 3.59. The lowest BCUT2D eigenvalue weighted by atomic mass is 10.1. The average molecular weight is 169 g/mol. The van der Waals surface area contributed by atoms with Crippen LogP contribution < -0.4 is 5.32 Å². The van der Waals surface area contributed by atoms with Crippen LogP contribution >= 0.6 is 0 Å². The van der Waals surface area contributed by atoms with Crippen LogP contribution in [0.2, 0.25) is 0 Å². The highest BCUT2D eigenvalue weighted by molar-refractivity contribution is 5.05. The molecule has 70 valence electrons. The van der Waals surface area contributed by atoms with Gasteiger partial charge in [-0.3, -0.25) is 0 Å². The van der Waals surface area contributed by atoms with E-state index < -0.39 is 0 Å². The van der Waals surface area contributed by atoms with E-state index in [2.05, 4.69) is 24.4 Å². The van der Waals surface area contributed by atoms with Gasteiger partial charge >= 0.3 is 0 Å². The maximum absolute atomic E-state index is 8.88. The first-order chi connectivity index (χ1) is 5.86. The summed E-state index contributed by atoms with van der Waals surface area (Å²) in [6, 6.07) is 0.508. The third-order valence-electron chi connectivity index (χ3n) is 2.34. The van der Waals surface area contributed by atoms with Crippen molar-refractivity contribution < 1.29 is 5.11 Å². The molecule has 0 aliphatic heterocycles. The van der Waals surface area contributed by atoms with E-state index in [9.17, 15) is 0 Å². The zero-order valence-electron chi connectivity index (χ0n) is 7.79. The fourth-order valence-electron chi connectivity index (χ4n) is 1.53. The van der Waals surface area contributed by atoms with E-state index in [0.29, 0.717) is 18.6 Å². The summed E-state index contributed by atoms with van der Waals surface area (Å²) in [7, 11) is 0. The van der Waals surface area contributed by atoms with Crippen molar-refractivity contribution in [1.29, 1.82) is 0 Å². The van der Waals surface area contributed by atoms with E-state index in [1.54, 1.807) is 0 Å². The highest BCUT2D eigenvalue weighted by Gasteiger charge is 2.16. The van der Waals surface area contributed by atoms with Gasteiger partial charge in [-0.05, 0) is 19.4 Å². The number of aliphatic hydroxyl groups excluding tert-OH is 1. The molecule has 0 heterocycles. The van der Waals surface area contributed by atoms with Gasteiger partial charge in [0, 0.05) is 18.6 Å². The van der Waals surface area contributed by atoms with E-state index in [1.165, 1.54) is 12.8 Å². The van der Waals surface area contributed by atoms with Crippen molar-refractivity contribution in [3.63, 3.8) is 0 Å². The second kappa shape index (κ2) is 5.33. The summed E-state index contributed by atoms with van der Waals surface area (Å²) >= 11 is 0. The number of unbranched alkanes of at least 4 members (excludes halogenated alkanes) is 1. The molecule has 2 heteroatoms. The van der Waals surface area contributed by atoms with Crippen molar-refractivity contribution in [1.82, 2.24) is 5.32 Å².